The van der Waals surface area contributed by atoms with E-state index in [4.69, 9.17) is 5.73 Å². The SMILES string of the molecule is NC(Cc1nc(-c2ccccc2)cs1)c1ccc(Br)s1. The van der Waals surface area contributed by atoms with Crippen molar-refractivity contribution in [1.82, 2.24) is 4.98 Å². The molecular weight excluding hydrogens is 352 g/mol. The van der Waals surface area contributed by atoms with E-state index in [1.54, 1.807) is 22.7 Å². The Morgan fingerprint density at radius 3 is 2.65 bits per heavy atom. The van der Waals surface area contributed by atoms with Gasteiger partial charge in [-0.05, 0) is 28.1 Å². The molecule has 0 aliphatic heterocycles. The summed E-state index contributed by atoms with van der Waals surface area (Å²) in [6, 6.07) is 14.4. The predicted molar refractivity (Wildman–Crippen MR) is 90.2 cm³/mol. The molecule has 0 radical (unpaired) electrons. The molecule has 0 saturated carbocycles. The fourth-order valence-electron chi connectivity index (χ4n) is 1.96. The van der Waals surface area contributed by atoms with Crippen molar-refractivity contribution >= 4 is 38.6 Å². The van der Waals surface area contributed by atoms with Gasteiger partial charge in [-0.1, -0.05) is 30.3 Å². The average molecular weight is 365 g/mol. The number of nitrogens with zero attached hydrogens (tertiary/aromatic N) is 1. The molecule has 2 heterocycles. The van der Waals surface area contributed by atoms with Crippen LogP contribution in [0, 0.1) is 0 Å². The zero-order chi connectivity index (χ0) is 13.9. The second-order valence-electron chi connectivity index (χ2n) is 4.45. The topological polar surface area (TPSA) is 38.9 Å². The second kappa shape index (κ2) is 6.18. The minimum absolute atomic E-state index is 0.0149. The molecular formula is C15H13BrN2S2. The van der Waals surface area contributed by atoms with Crippen LogP contribution in [-0.2, 0) is 6.42 Å². The van der Waals surface area contributed by atoms with E-state index < -0.39 is 0 Å². The van der Waals surface area contributed by atoms with E-state index >= 15 is 0 Å². The molecule has 1 unspecified atom stereocenters. The van der Waals surface area contributed by atoms with Crippen LogP contribution in [0.25, 0.3) is 11.3 Å². The first-order valence-electron chi connectivity index (χ1n) is 6.23. The zero-order valence-corrected chi connectivity index (χ0v) is 13.8. The van der Waals surface area contributed by atoms with Crippen molar-refractivity contribution in [1.29, 1.82) is 0 Å². The van der Waals surface area contributed by atoms with Crippen molar-refractivity contribution in [3.8, 4) is 11.3 Å². The fraction of sp³-hybridized carbons (Fsp3) is 0.133. The number of thiazole rings is 1. The molecule has 0 bridgehead atoms. The van der Waals surface area contributed by atoms with Crippen LogP contribution in [0.15, 0.2) is 51.6 Å². The van der Waals surface area contributed by atoms with Crippen molar-refractivity contribution in [3.63, 3.8) is 0 Å². The molecule has 20 heavy (non-hydrogen) atoms. The number of nitrogens with two attached hydrogens (primary N) is 1. The Hall–Kier alpha value is -1.01. The Labute approximate surface area is 134 Å². The highest BCUT2D eigenvalue weighted by Crippen LogP contribution is 2.29. The molecule has 0 spiro atoms. The largest absolute Gasteiger partial charge is 0.323 e. The quantitative estimate of drug-likeness (QED) is 0.716. The second-order valence-corrected chi connectivity index (χ2v) is 7.88. The summed E-state index contributed by atoms with van der Waals surface area (Å²) in [4.78, 5) is 5.87. The van der Waals surface area contributed by atoms with E-state index in [2.05, 4.69) is 44.5 Å². The van der Waals surface area contributed by atoms with E-state index in [1.807, 2.05) is 24.3 Å². The Morgan fingerprint density at radius 1 is 1.15 bits per heavy atom. The first-order valence-corrected chi connectivity index (χ1v) is 8.72. The summed E-state index contributed by atoms with van der Waals surface area (Å²) in [6.45, 7) is 0. The Morgan fingerprint density at radius 2 is 1.95 bits per heavy atom. The first kappa shape index (κ1) is 13.9. The van der Waals surface area contributed by atoms with Crippen LogP contribution >= 0.6 is 38.6 Å². The molecule has 0 aliphatic rings. The van der Waals surface area contributed by atoms with Gasteiger partial charge in [-0.2, -0.15) is 0 Å². The smallest absolute Gasteiger partial charge is 0.0951 e. The summed E-state index contributed by atoms with van der Waals surface area (Å²) in [5.74, 6) is 0. The summed E-state index contributed by atoms with van der Waals surface area (Å²) in [6.07, 6.45) is 0.782. The van der Waals surface area contributed by atoms with E-state index in [1.165, 1.54) is 4.88 Å². The summed E-state index contributed by atoms with van der Waals surface area (Å²) in [5, 5.41) is 3.18. The van der Waals surface area contributed by atoms with E-state index in [0.717, 1.165) is 26.5 Å². The van der Waals surface area contributed by atoms with Gasteiger partial charge in [0.1, 0.15) is 0 Å². The Balaban J connectivity index is 1.74. The monoisotopic (exact) mass is 364 g/mol. The standard InChI is InChI=1S/C15H13BrN2S2/c16-14-7-6-13(20-14)11(17)8-15-18-12(9-19-15)10-4-2-1-3-5-10/h1-7,9,11H,8,17H2. The lowest BCUT2D eigenvalue weighted by molar-refractivity contribution is 0.732. The maximum Gasteiger partial charge on any atom is 0.0951 e. The maximum atomic E-state index is 6.24. The lowest BCUT2D eigenvalue weighted by Crippen LogP contribution is -2.11. The molecule has 2 nitrogen and oxygen atoms in total. The lowest BCUT2D eigenvalue weighted by atomic mass is 10.2. The first-order chi connectivity index (χ1) is 9.72. The van der Waals surface area contributed by atoms with Gasteiger partial charge in [-0.15, -0.1) is 22.7 Å². The van der Waals surface area contributed by atoms with Crippen LogP contribution in [0.2, 0.25) is 0 Å². The third kappa shape index (κ3) is 3.17. The van der Waals surface area contributed by atoms with Crippen LogP contribution in [0.1, 0.15) is 15.9 Å². The van der Waals surface area contributed by atoms with Crippen molar-refractivity contribution in [2.24, 2.45) is 5.73 Å². The fourth-order valence-corrected chi connectivity index (χ4v) is 4.25. The van der Waals surface area contributed by atoms with Gasteiger partial charge in [0.05, 0.1) is 14.5 Å². The van der Waals surface area contributed by atoms with Crippen molar-refractivity contribution in [3.05, 3.63) is 61.5 Å². The molecule has 3 aromatic rings. The number of rotatable bonds is 4. The third-order valence-electron chi connectivity index (χ3n) is 2.98. The van der Waals surface area contributed by atoms with Gasteiger partial charge in [0.2, 0.25) is 0 Å². The van der Waals surface area contributed by atoms with Gasteiger partial charge >= 0.3 is 0 Å². The van der Waals surface area contributed by atoms with Gasteiger partial charge < -0.3 is 5.73 Å². The molecule has 5 heteroatoms. The van der Waals surface area contributed by atoms with Crippen LogP contribution in [-0.4, -0.2) is 4.98 Å². The molecule has 3 rings (SSSR count). The van der Waals surface area contributed by atoms with Gasteiger partial charge in [-0.25, -0.2) is 4.98 Å². The van der Waals surface area contributed by atoms with Gasteiger partial charge in [0.15, 0.2) is 0 Å². The molecule has 0 aliphatic carbocycles. The number of aromatic nitrogens is 1. The number of benzene rings is 1. The molecule has 0 saturated heterocycles. The van der Waals surface area contributed by atoms with E-state index in [-0.39, 0.29) is 6.04 Å². The van der Waals surface area contributed by atoms with Crippen LogP contribution in [0.5, 0.6) is 0 Å². The highest BCUT2D eigenvalue weighted by atomic mass is 79.9. The van der Waals surface area contributed by atoms with Crippen LogP contribution in [0.3, 0.4) is 0 Å². The van der Waals surface area contributed by atoms with Gasteiger partial charge in [0, 0.05) is 28.3 Å². The summed E-state index contributed by atoms with van der Waals surface area (Å²) >= 11 is 6.83. The lowest BCUT2D eigenvalue weighted by Gasteiger charge is -2.06. The number of halogens is 1. The van der Waals surface area contributed by atoms with Crippen molar-refractivity contribution < 1.29 is 0 Å². The summed E-state index contributed by atoms with van der Waals surface area (Å²) in [5.41, 5.74) is 8.43. The van der Waals surface area contributed by atoms with E-state index in [0.29, 0.717) is 0 Å². The Kier molecular flexibility index (Phi) is 4.31. The number of hydrogen-bond acceptors (Lipinski definition) is 4. The molecule has 1 atom stereocenters. The van der Waals surface area contributed by atoms with Gasteiger partial charge in [0.25, 0.3) is 0 Å². The van der Waals surface area contributed by atoms with Crippen molar-refractivity contribution in [2.75, 3.05) is 0 Å². The minimum Gasteiger partial charge on any atom is -0.323 e. The maximum absolute atomic E-state index is 6.24. The Bertz CT molecular complexity index is 691. The molecule has 1 aromatic carbocycles. The van der Waals surface area contributed by atoms with Crippen LogP contribution < -0.4 is 5.73 Å². The predicted octanol–water partition coefficient (Wildman–Crippen LogP) is 4.88. The summed E-state index contributed by atoms with van der Waals surface area (Å²) < 4.78 is 1.12. The highest BCUT2D eigenvalue weighted by molar-refractivity contribution is 9.11. The minimum atomic E-state index is 0.0149. The third-order valence-corrected chi connectivity index (χ3v) is 5.60. The van der Waals surface area contributed by atoms with Crippen LogP contribution in [0.4, 0.5) is 0 Å². The zero-order valence-electron chi connectivity index (χ0n) is 10.6. The normalized spacial score (nSPS) is 12.5. The molecule has 102 valence electrons. The van der Waals surface area contributed by atoms with Crippen molar-refractivity contribution in [2.45, 2.75) is 12.5 Å². The molecule has 0 fully saturated rings. The molecule has 2 N–H and O–H groups in total. The van der Waals surface area contributed by atoms with E-state index in [9.17, 15) is 0 Å². The summed E-state index contributed by atoms with van der Waals surface area (Å²) in [7, 11) is 0. The molecule has 0 amide bonds. The average Bonchev–Trinajstić information content (AvgIpc) is 3.09. The number of thiophene rings is 1. The molecule has 2 aromatic heterocycles. The number of hydrogen-bond donors (Lipinski definition) is 1. The highest BCUT2D eigenvalue weighted by Gasteiger charge is 2.12. The van der Waals surface area contributed by atoms with Gasteiger partial charge in [-0.3, -0.25) is 0 Å².